The van der Waals surface area contributed by atoms with E-state index in [1.165, 1.54) is 10.5 Å². The largest absolute Gasteiger partial charge is 0.493 e. The molecule has 3 aromatic carbocycles. The summed E-state index contributed by atoms with van der Waals surface area (Å²) in [7, 11) is 3.10. The van der Waals surface area contributed by atoms with Crippen LogP contribution in [0.5, 0.6) is 17.4 Å². The fourth-order valence-corrected chi connectivity index (χ4v) is 6.83. The number of piperazine rings is 1. The van der Waals surface area contributed by atoms with E-state index in [4.69, 9.17) is 18.6 Å². The summed E-state index contributed by atoms with van der Waals surface area (Å²) in [6.07, 6.45) is 0.183. The topological polar surface area (TPSA) is 114 Å². The van der Waals surface area contributed by atoms with E-state index in [0.29, 0.717) is 46.8 Å². The number of hydrogen-bond acceptors (Lipinski definition) is 9. The van der Waals surface area contributed by atoms with Crippen molar-refractivity contribution in [2.24, 2.45) is 0 Å². The molecule has 4 aromatic rings. The molecular formula is C39H44N4O7. The number of furan rings is 1. The van der Waals surface area contributed by atoms with Gasteiger partial charge in [-0.15, -0.1) is 0 Å². The number of nitrogens with one attached hydrogen (secondary N) is 1. The van der Waals surface area contributed by atoms with Gasteiger partial charge in [0.25, 0.3) is 17.8 Å². The number of aryl methyl sites for hydroxylation is 2. The summed E-state index contributed by atoms with van der Waals surface area (Å²) in [5.74, 6) is 1.13. The highest BCUT2D eigenvalue weighted by Crippen LogP contribution is 2.40. The Morgan fingerprint density at radius 2 is 1.60 bits per heavy atom. The minimum absolute atomic E-state index is 0.120. The standard InChI is InChI=1S/C39H44N4O7/c1-25-23-35(49-27(25)3)50-39(46)40-18-10-15-31(29-16-17-33(47-4)34(24-29)48-5)43-37(44)30-13-9-14-32(36(30)38(43)45)42-21-19-41(20-22-42)26(2)28-11-7-6-8-12-28/h6-9,11-14,16-17,23-24,26,31H,10,15,18-22H2,1-5H3,(H,40,46)/t26-,31-/m1/s1. The molecule has 0 saturated carbocycles. The van der Waals surface area contributed by atoms with E-state index in [2.05, 4.69) is 46.3 Å². The van der Waals surface area contributed by atoms with Crippen LogP contribution in [0, 0.1) is 13.8 Å². The van der Waals surface area contributed by atoms with E-state index in [-0.39, 0.29) is 30.3 Å². The van der Waals surface area contributed by atoms with E-state index >= 15 is 0 Å². The average molecular weight is 681 g/mol. The first-order chi connectivity index (χ1) is 24.2. The highest BCUT2D eigenvalue weighted by atomic mass is 16.6. The normalized spacial score (nSPS) is 15.9. The molecule has 6 rings (SSSR count). The van der Waals surface area contributed by atoms with Gasteiger partial charge in [0, 0.05) is 44.8 Å². The third-order valence-corrected chi connectivity index (χ3v) is 9.77. The first kappa shape index (κ1) is 34.6. The average Bonchev–Trinajstić information content (AvgIpc) is 3.59. The van der Waals surface area contributed by atoms with E-state index in [9.17, 15) is 14.4 Å². The summed E-state index contributed by atoms with van der Waals surface area (Å²) in [6.45, 7) is 9.25. The molecule has 1 fully saturated rings. The Labute approximate surface area is 292 Å². The minimum atomic E-state index is -0.648. The summed E-state index contributed by atoms with van der Waals surface area (Å²) in [4.78, 5) is 47.0. The second-order valence-corrected chi connectivity index (χ2v) is 12.7. The van der Waals surface area contributed by atoms with Gasteiger partial charge in [-0.2, -0.15) is 0 Å². The number of methoxy groups -OCH3 is 2. The molecule has 0 unspecified atom stereocenters. The number of anilines is 1. The summed E-state index contributed by atoms with van der Waals surface area (Å²) in [5.41, 5.74) is 4.46. The van der Waals surface area contributed by atoms with Crippen LogP contribution in [0.15, 0.2) is 77.2 Å². The Balaban J connectivity index is 1.20. The highest BCUT2D eigenvalue weighted by Gasteiger charge is 2.43. The number of benzene rings is 3. The molecule has 11 nitrogen and oxygen atoms in total. The van der Waals surface area contributed by atoms with Crippen LogP contribution in [0.4, 0.5) is 10.5 Å². The Morgan fingerprint density at radius 3 is 2.28 bits per heavy atom. The summed E-state index contributed by atoms with van der Waals surface area (Å²) in [5, 5.41) is 2.75. The van der Waals surface area contributed by atoms with Crippen LogP contribution < -0.4 is 24.4 Å². The molecule has 1 saturated heterocycles. The lowest BCUT2D eigenvalue weighted by atomic mass is 9.99. The van der Waals surface area contributed by atoms with Crippen LogP contribution in [-0.4, -0.2) is 74.7 Å². The molecule has 2 aliphatic heterocycles. The van der Waals surface area contributed by atoms with Gasteiger partial charge in [-0.25, -0.2) is 4.79 Å². The number of amides is 3. The molecule has 1 N–H and O–H groups in total. The zero-order valence-electron chi connectivity index (χ0n) is 29.2. The molecule has 0 bridgehead atoms. The van der Waals surface area contributed by atoms with Crippen molar-refractivity contribution in [3.63, 3.8) is 0 Å². The number of carbonyl (C=O) groups excluding carboxylic acids is 3. The van der Waals surface area contributed by atoms with E-state index in [0.717, 1.165) is 37.4 Å². The van der Waals surface area contributed by atoms with Gasteiger partial charge in [-0.3, -0.25) is 19.4 Å². The minimum Gasteiger partial charge on any atom is -0.493 e. The molecule has 2 atom stereocenters. The van der Waals surface area contributed by atoms with Crippen molar-refractivity contribution in [3.05, 3.63) is 106 Å². The lowest BCUT2D eigenvalue weighted by molar-refractivity contribution is 0.0571. The van der Waals surface area contributed by atoms with Crippen LogP contribution in [-0.2, 0) is 0 Å². The molecule has 3 heterocycles. The van der Waals surface area contributed by atoms with Gasteiger partial charge < -0.3 is 28.8 Å². The molecule has 2 aliphatic rings. The number of carbonyl (C=O) groups is 3. The molecule has 1 aromatic heterocycles. The van der Waals surface area contributed by atoms with Gasteiger partial charge in [0.2, 0.25) is 0 Å². The third kappa shape index (κ3) is 7.04. The molecule has 50 heavy (non-hydrogen) atoms. The Morgan fingerprint density at radius 1 is 0.860 bits per heavy atom. The number of rotatable bonds is 12. The Kier molecular flexibility index (Phi) is 10.4. The van der Waals surface area contributed by atoms with Crippen molar-refractivity contribution in [2.75, 3.05) is 51.8 Å². The van der Waals surface area contributed by atoms with Crippen LogP contribution in [0.3, 0.4) is 0 Å². The fraction of sp³-hybridized carbons (Fsp3) is 0.359. The second-order valence-electron chi connectivity index (χ2n) is 12.7. The molecule has 0 radical (unpaired) electrons. The summed E-state index contributed by atoms with van der Waals surface area (Å²) >= 11 is 0. The van der Waals surface area contributed by atoms with Gasteiger partial charge in [-0.1, -0.05) is 42.5 Å². The van der Waals surface area contributed by atoms with Crippen molar-refractivity contribution in [3.8, 4) is 17.4 Å². The predicted octanol–water partition coefficient (Wildman–Crippen LogP) is 6.70. The van der Waals surface area contributed by atoms with Crippen molar-refractivity contribution in [1.82, 2.24) is 15.1 Å². The highest BCUT2D eigenvalue weighted by molar-refractivity contribution is 6.24. The van der Waals surface area contributed by atoms with Crippen molar-refractivity contribution < 1.29 is 33.0 Å². The molecular weight excluding hydrogens is 636 g/mol. The van der Waals surface area contributed by atoms with Crippen molar-refractivity contribution >= 4 is 23.6 Å². The molecule has 11 heteroatoms. The fourth-order valence-electron chi connectivity index (χ4n) is 6.83. The zero-order chi connectivity index (χ0) is 35.4. The first-order valence-corrected chi connectivity index (χ1v) is 17.0. The van der Waals surface area contributed by atoms with Crippen LogP contribution in [0.1, 0.15) is 75.0 Å². The smallest absolute Gasteiger partial charge is 0.415 e. The van der Waals surface area contributed by atoms with Gasteiger partial charge in [-0.05, 0) is 74.6 Å². The van der Waals surface area contributed by atoms with Gasteiger partial charge in [0.15, 0.2) is 11.5 Å². The maximum absolute atomic E-state index is 14.4. The van der Waals surface area contributed by atoms with E-state index < -0.39 is 12.1 Å². The Hall–Kier alpha value is -5.29. The number of nitrogens with zero attached hydrogens (tertiary/aromatic N) is 3. The maximum Gasteiger partial charge on any atom is 0.415 e. The quantitative estimate of drug-likeness (QED) is 0.129. The molecule has 262 valence electrons. The van der Waals surface area contributed by atoms with Crippen LogP contribution in [0.2, 0.25) is 0 Å². The van der Waals surface area contributed by atoms with Crippen molar-refractivity contribution in [2.45, 2.75) is 45.7 Å². The number of ether oxygens (including phenoxy) is 3. The first-order valence-electron chi connectivity index (χ1n) is 17.0. The molecule has 0 spiro atoms. The van der Waals surface area contributed by atoms with Crippen molar-refractivity contribution in [1.29, 1.82) is 0 Å². The maximum atomic E-state index is 14.4. The number of fused-ring (bicyclic) bond motifs is 1. The molecule has 0 aliphatic carbocycles. The lowest BCUT2D eigenvalue weighted by Crippen LogP contribution is -2.47. The van der Waals surface area contributed by atoms with Gasteiger partial charge in [0.1, 0.15) is 5.76 Å². The number of hydrogen-bond donors (Lipinski definition) is 1. The third-order valence-electron chi connectivity index (χ3n) is 9.77. The zero-order valence-corrected chi connectivity index (χ0v) is 29.2. The van der Waals surface area contributed by atoms with Crippen LogP contribution >= 0.6 is 0 Å². The number of imide groups is 1. The SMILES string of the molecule is COc1ccc([C@@H](CCCNC(=O)Oc2cc(C)c(C)o2)N2C(=O)c3cccc(N4CCN([C@H](C)c5ccccc5)CC4)c3C2=O)cc1OC. The molecule has 3 amide bonds. The van der Waals surface area contributed by atoms with E-state index in [1.54, 1.807) is 45.4 Å². The predicted molar refractivity (Wildman–Crippen MR) is 189 cm³/mol. The second kappa shape index (κ2) is 15.1. The van der Waals surface area contributed by atoms with Gasteiger partial charge in [0.05, 0.1) is 37.1 Å². The monoisotopic (exact) mass is 680 g/mol. The Bertz CT molecular complexity index is 1830. The summed E-state index contributed by atoms with van der Waals surface area (Å²) < 4.78 is 21.8. The van der Waals surface area contributed by atoms with E-state index in [1.807, 2.05) is 31.2 Å². The van der Waals surface area contributed by atoms with Crippen LogP contribution in [0.25, 0.3) is 0 Å². The lowest BCUT2D eigenvalue weighted by Gasteiger charge is -2.39. The van der Waals surface area contributed by atoms with Gasteiger partial charge >= 0.3 is 6.09 Å². The summed E-state index contributed by atoms with van der Waals surface area (Å²) in [6, 6.07) is 22.7.